The minimum atomic E-state index is -0.151. The molecule has 0 bridgehead atoms. The van der Waals surface area contributed by atoms with E-state index in [2.05, 4.69) is 37.2 Å². The van der Waals surface area contributed by atoms with Gasteiger partial charge in [-0.05, 0) is 55.9 Å². The molecule has 0 spiro atoms. The van der Waals surface area contributed by atoms with Crippen LogP contribution in [0.4, 0.5) is 11.6 Å². The van der Waals surface area contributed by atoms with Gasteiger partial charge < -0.3 is 15.5 Å². The predicted molar refractivity (Wildman–Crippen MR) is 118 cm³/mol. The molecular formula is C21H28N6O2S. The fraction of sp³-hybridized carbons (Fsp3) is 0.524. The molecule has 9 heteroatoms. The average Bonchev–Trinajstić information content (AvgIpc) is 3.52. The van der Waals surface area contributed by atoms with Gasteiger partial charge in [0, 0.05) is 37.4 Å². The van der Waals surface area contributed by atoms with Crippen molar-refractivity contribution in [2.45, 2.75) is 43.8 Å². The standard InChI is InChI=1S/C21H28N6O2S/c1-14-9-11-26(12-10-14)20-24-25-21(27(20)17-7-8-17)30-13-18(28)23-16-5-3-15(4-6-16)19(29)22-2/h3-6,14,17H,7-13H2,1-2H3,(H,22,29)(H,23,28). The Morgan fingerprint density at radius 3 is 2.43 bits per heavy atom. The highest BCUT2D eigenvalue weighted by molar-refractivity contribution is 7.99. The lowest BCUT2D eigenvalue weighted by Gasteiger charge is -2.31. The van der Waals surface area contributed by atoms with E-state index in [1.165, 1.54) is 24.6 Å². The Morgan fingerprint density at radius 2 is 1.80 bits per heavy atom. The van der Waals surface area contributed by atoms with E-state index < -0.39 is 0 Å². The minimum absolute atomic E-state index is 0.105. The van der Waals surface area contributed by atoms with Crippen LogP contribution in [0.1, 0.15) is 49.0 Å². The molecule has 2 aliphatic rings. The number of carbonyl (C=O) groups excluding carboxylic acids is 2. The second-order valence-corrected chi connectivity index (χ2v) is 8.99. The summed E-state index contributed by atoms with van der Waals surface area (Å²) in [5.41, 5.74) is 1.22. The summed E-state index contributed by atoms with van der Waals surface area (Å²) < 4.78 is 2.23. The smallest absolute Gasteiger partial charge is 0.251 e. The number of carbonyl (C=O) groups is 2. The van der Waals surface area contributed by atoms with Crippen LogP contribution in [-0.4, -0.2) is 52.5 Å². The summed E-state index contributed by atoms with van der Waals surface area (Å²) in [5, 5.41) is 15.1. The summed E-state index contributed by atoms with van der Waals surface area (Å²) in [6, 6.07) is 7.30. The molecule has 2 N–H and O–H groups in total. The van der Waals surface area contributed by atoms with E-state index in [-0.39, 0.29) is 17.6 Å². The van der Waals surface area contributed by atoms with E-state index in [1.54, 1.807) is 31.3 Å². The molecule has 1 aromatic heterocycles. The number of hydrogen-bond donors (Lipinski definition) is 2. The van der Waals surface area contributed by atoms with Gasteiger partial charge in [-0.1, -0.05) is 18.7 Å². The zero-order chi connectivity index (χ0) is 21.1. The van der Waals surface area contributed by atoms with Gasteiger partial charge >= 0.3 is 0 Å². The molecule has 2 aromatic rings. The van der Waals surface area contributed by atoms with E-state index in [0.29, 0.717) is 17.3 Å². The average molecular weight is 429 g/mol. The number of amides is 2. The monoisotopic (exact) mass is 428 g/mol. The molecule has 4 rings (SSSR count). The zero-order valence-corrected chi connectivity index (χ0v) is 18.2. The highest BCUT2D eigenvalue weighted by Gasteiger charge is 2.32. The summed E-state index contributed by atoms with van der Waals surface area (Å²) in [4.78, 5) is 26.4. The molecule has 2 fully saturated rings. The number of anilines is 2. The Morgan fingerprint density at radius 1 is 1.10 bits per heavy atom. The first kappa shape index (κ1) is 20.7. The van der Waals surface area contributed by atoms with Crippen LogP contribution >= 0.6 is 11.8 Å². The number of thioether (sulfide) groups is 1. The number of nitrogens with one attached hydrogen (secondary N) is 2. The van der Waals surface area contributed by atoms with E-state index in [4.69, 9.17) is 0 Å². The number of aromatic nitrogens is 3. The number of rotatable bonds is 7. The summed E-state index contributed by atoms with van der Waals surface area (Å²) in [7, 11) is 1.59. The molecule has 1 aromatic carbocycles. The summed E-state index contributed by atoms with van der Waals surface area (Å²) in [6.07, 6.45) is 4.65. The van der Waals surface area contributed by atoms with Crippen molar-refractivity contribution in [3.63, 3.8) is 0 Å². The minimum Gasteiger partial charge on any atom is -0.355 e. The molecule has 8 nitrogen and oxygen atoms in total. The largest absolute Gasteiger partial charge is 0.355 e. The topological polar surface area (TPSA) is 92.2 Å². The van der Waals surface area contributed by atoms with Crippen molar-refractivity contribution in [2.75, 3.05) is 36.1 Å². The summed E-state index contributed by atoms with van der Waals surface area (Å²) >= 11 is 1.43. The Kier molecular flexibility index (Phi) is 6.26. The van der Waals surface area contributed by atoms with E-state index in [9.17, 15) is 9.59 Å². The van der Waals surface area contributed by atoms with Crippen molar-refractivity contribution < 1.29 is 9.59 Å². The predicted octanol–water partition coefficient (Wildman–Crippen LogP) is 2.94. The van der Waals surface area contributed by atoms with Crippen LogP contribution in [0.2, 0.25) is 0 Å². The fourth-order valence-corrected chi connectivity index (χ4v) is 4.42. The number of benzene rings is 1. The lowest BCUT2D eigenvalue weighted by Crippen LogP contribution is -2.34. The maximum absolute atomic E-state index is 12.4. The van der Waals surface area contributed by atoms with Gasteiger partial charge in [-0.3, -0.25) is 14.2 Å². The number of nitrogens with zero attached hydrogens (tertiary/aromatic N) is 4. The highest BCUT2D eigenvalue weighted by atomic mass is 32.2. The van der Waals surface area contributed by atoms with Crippen LogP contribution in [0, 0.1) is 5.92 Å². The molecular weight excluding hydrogens is 400 g/mol. The lowest BCUT2D eigenvalue weighted by atomic mass is 10.00. The van der Waals surface area contributed by atoms with E-state index in [0.717, 1.165) is 43.0 Å². The summed E-state index contributed by atoms with van der Waals surface area (Å²) in [5.74, 6) is 1.73. The van der Waals surface area contributed by atoms with Crippen LogP contribution in [0.25, 0.3) is 0 Å². The van der Waals surface area contributed by atoms with Crippen LogP contribution in [0.15, 0.2) is 29.4 Å². The maximum atomic E-state index is 12.4. The molecule has 1 saturated heterocycles. The van der Waals surface area contributed by atoms with Crippen molar-refractivity contribution in [2.24, 2.45) is 5.92 Å². The van der Waals surface area contributed by atoms with Gasteiger partial charge in [0.25, 0.3) is 5.91 Å². The third-order valence-corrected chi connectivity index (χ3v) is 6.56. The SMILES string of the molecule is CNC(=O)c1ccc(NC(=O)CSc2nnc(N3CCC(C)CC3)n2C2CC2)cc1. The fourth-order valence-electron chi connectivity index (χ4n) is 3.62. The van der Waals surface area contributed by atoms with E-state index >= 15 is 0 Å². The van der Waals surface area contributed by atoms with Gasteiger partial charge in [-0.25, -0.2) is 0 Å². The zero-order valence-electron chi connectivity index (χ0n) is 17.4. The summed E-state index contributed by atoms with van der Waals surface area (Å²) in [6.45, 7) is 4.33. The van der Waals surface area contributed by atoms with Crippen molar-refractivity contribution >= 4 is 35.2 Å². The first-order chi connectivity index (χ1) is 14.5. The highest BCUT2D eigenvalue weighted by Crippen LogP contribution is 2.41. The van der Waals surface area contributed by atoms with E-state index in [1.807, 2.05) is 0 Å². The van der Waals surface area contributed by atoms with Crippen molar-refractivity contribution in [1.29, 1.82) is 0 Å². The Labute approximate surface area is 180 Å². The van der Waals surface area contributed by atoms with Crippen LogP contribution in [0.5, 0.6) is 0 Å². The van der Waals surface area contributed by atoms with Crippen LogP contribution in [0.3, 0.4) is 0 Å². The molecule has 2 heterocycles. The molecule has 2 amide bonds. The van der Waals surface area contributed by atoms with Crippen molar-refractivity contribution in [3.05, 3.63) is 29.8 Å². The van der Waals surface area contributed by atoms with Gasteiger partial charge in [0.2, 0.25) is 11.9 Å². The van der Waals surface area contributed by atoms with Gasteiger partial charge in [0.15, 0.2) is 5.16 Å². The Hall–Kier alpha value is -2.55. The van der Waals surface area contributed by atoms with Crippen LogP contribution in [-0.2, 0) is 4.79 Å². The quantitative estimate of drug-likeness (QED) is 0.659. The van der Waals surface area contributed by atoms with Crippen molar-refractivity contribution in [1.82, 2.24) is 20.1 Å². The third kappa shape index (κ3) is 4.77. The molecule has 1 aliphatic carbocycles. The second kappa shape index (κ2) is 9.07. The van der Waals surface area contributed by atoms with Crippen LogP contribution < -0.4 is 15.5 Å². The first-order valence-corrected chi connectivity index (χ1v) is 11.5. The number of piperidine rings is 1. The lowest BCUT2D eigenvalue weighted by molar-refractivity contribution is -0.113. The third-order valence-electron chi connectivity index (χ3n) is 5.62. The van der Waals surface area contributed by atoms with Gasteiger partial charge in [-0.2, -0.15) is 0 Å². The molecule has 30 heavy (non-hydrogen) atoms. The molecule has 0 atom stereocenters. The Bertz CT molecular complexity index is 901. The first-order valence-electron chi connectivity index (χ1n) is 10.5. The molecule has 1 saturated carbocycles. The van der Waals surface area contributed by atoms with Gasteiger partial charge in [-0.15, -0.1) is 10.2 Å². The number of hydrogen-bond acceptors (Lipinski definition) is 6. The van der Waals surface area contributed by atoms with Crippen molar-refractivity contribution in [3.8, 4) is 0 Å². The van der Waals surface area contributed by atoms with Gasteiger partial charge in [0.05, 0.1) is 5.75 Å². The molecule has 0 radical (unpaired) electrons. The molecule has 1 aliphatic heterocycles. The Balaban J connectivity index is 1.36. The second-order valence-electron chi connectivity index (χ2n) is 8.05. The molecule has 0 unspecified atom stereocenters. The normalized spacial score (nSPS) is 17.1. The molecule has 160 valence electrons. The maximum Gasteiger partial charge on any atom is 0.251 e. The van der Waals surface area contributed by atoms with Gasteiger partial charge in [0.1, 0.15) is 0 Å².